The molecule has 1 aliphatic rings. The van der Waals surface area contributed by atoms with E-state index in [0.717, 1.165) is 25.5 Å². The summed E-state index contributed by atoms with van der Waals surface area (Å²) in [5.74, 6) is 0.768. The maximum Gasteiger partial charge on any atom is 0.0759 e. The summed E-state index contributed by atoms with van der Waals surface area (Å²) in [6, 6.07) is 7.23. The Morgan fingerprint density at radius 2 is 2.00 bits per heavy atom. The van der Waals surface area contributed by atoms with Crippen molar-refractivity contribution in [2.24, 2.45) is 5.92 Å². The highest BCUT2D eigenvalue weighted by Gasteiger charge is 2.37. The summed E-state index contributed by atoms with van der Waals surface area (Å²) < 4.78 is 6.10. The van der Waals surface area contributed by atoms with E-state index in [0.29, 0.717) is 12.1 Å². The van der Waals surface area contributed by atoms with Crippen molar-refractivity contribution in [1.82, 2.24) is 5.32 Å². The highest BCUT2D eigenvalue weighted by molar-refractivity contribution is 5.31. The lowest BCUT2D eigenvalue weighted by Crippen LogP contribution is -2.44. The zero-order valence-corrected chi connectivity index (χ0v) is 14.1. The van der Waals surface area contributed by atoms with Crippen molar-refractivity contribution >= 4 is 0 Å². The molecule has 1 aliphatic carbocycles. The molecule has 0 aromatic heterocycles. The van der Waals surface area contributed by atoms with Crippen LogP contribution in [0.1, 0.15) is 49.8 Å². The third kappa shape index (κ3) is 4.82. The predicted octanol–water partition coefficient (Wildman–Crippen LogP) is 4.03. The molecule has 118 valence electrons. The van der Waals surface area contributed by atoms with Crippen LogP contribution in [0.5, 0.6) is 0 Å². The smallest absolute Gasteiger partial charge is 0.0759 e. The lowest BCUT2D eigenvalue weighted by atomic mass is 9.94. The van der Waals surface area contributed by atoms with Gasteiger partial charge in [-0.3, -0.25) is 0 Å². The Morgan fingerprint density at radius 1 is 1.24 bits per heavy atom. The molecule has 0 heterocycles. The lowest BCUT2D eigenvalue weighted by Gasteiger charge is -2.29. The fraction of sp³-hybridized carbons (Fsp3) is 0.684. The van der Waals surface area contributed by atoms with E-state index in [2.05, 4.69) is 51.2 Å². The van der Waals surface area contributed by atoms with Crippen LogP contribution in [0.2, 0.25) is 0 Å². The third-order valence-corrected chi connectivity index (χ3v) is 4.44. The molecule has 1 saturated carbocycles. The van der Waals surface area contributed by atoms with Crippen molar-refractivity contribution in [1.29, 1.82) is 0 Å². The lowest BCUT2D eigenvalue weighted by molar-refractivity contribution is 0.0192. The number of hydrogen-bond donors (Lipinski definition) is 1. The van der Waals surface area contributed by atoms with Gasteiger partial charge in [-0.25, -0.2) is 0 Å². The minimum atomic E-state index is 0.376. The highest BCUT2D eigenvalue weighted by atomic mass is 16.5. The normalized spacial score (nSPS) is 17.7. The molecule has 2 heteroatoms. The second-order valence-electron chi connectivity index (χ2n) is 6.45. The molecule has 1 aromatic rings. The highest BCUT2D eigenvalue weighted by Crippen LogP contribution is 2.36. The summed E-state index contributed by atoms with van der Waals surface area (Å²) in [6.07, 6.45) is 5.30. The van der Waals surface area contributed by atoms with Gasteiger partial charge in [0.1, 0.15) is 0 Å². The largest absolute Gasteiger partial charge is 0.377 e. The van der Waals surface area contributed by atoms with Gasteiger partial charge in [0.05, 0.1) is 6.10 Å². The van der Waals surface area contributed by atoms with Gasteiger partial charge in [-0.1, -0.05) is 30.7 Å². The molecule has 0 saturated heterocycles. The Labute approximate surface area is 130 Å². The van der Waals surface area contributed by atoms with Crippen LogP contribution in [0, 0.1) is 19.8 Å². The summed E-state index contributed by atoms with van der Waals surface area (Å²) >= 11 is 0. The number of hydrogen-bond acceptors (Lipinski definition) is 2. The van der Waals surface area contributed by atoms with Crippen LogP contribution < -0.4 is 5.32 Å². The molecule has 0 amide bonds. The van der Waals surface area contributed by atoms with Crippen molar-refractivity contribution in [3.05, 3.63) is 34.9 Å². The first-order valence-corrected chi connectivity index (χ1v) is 8.56. The maximum atomic E-state index is 6.10. The van der Waals surface area contributed by atoms with Crippen molar-refractivity contribution in [3.63, 3.8) is 0 Å². The van der Waals surface area contributed by atoms with E-state index in [1.165, 1.54) is 36.0 Å². The summed E-state index contributed by atoms with van der Waals surface area (Å²) in [4.78, 5) is 0. The van der Waals surface area contributed by atoms with Crippen LogP contribution in [0.4, 0.5) is 0 Å². The van der Waals surface area contributed by atoms with Gasteiger partial charge in [-0.2, -0.15) is 0 Å². The van der Waals surface area contributed by atoms with Gasteiger partial charge in [-0.05, 0) is 70.0 Å². The molecule has 2 rings (SSSR count). The van der Waals surface area contributed by atoms with Gasteiger partial charge < -0.3 is 10.1 Å². The van der Waals surface area contributed by atoms with E-state index >= 15 is 0 Å². The van der Waals surface area contributed by atoms with Gasteiger partial charge in [-0.15, -0.1) is 0 Å². The van der Waals surface area contributed by atoms with Gasteiger partial charge in [0.2, 0.25) is 0 Å². The molecule has 0 bridgehead atoms. The van der Waals surface area contributed by atoms with Crippen molar-refractivity contribution in [2.45, 2.75) is 65.5 Å². The number of benzene rings is 1. The van der Waals surface area contributed by atoms with Crippen LogP contribution in [-0.2, 0) is 11.2 Å². The first-order valence-electron chi connectivity index (χ1n) is 8.56. The van der Waals surface area contributed by atoms with Gasteiger partial charge in [0, 0.05) is 12.6 Å². The summed E-state index contributed by atoms with van der Waals surface area (Å²) in [6.45, 7) is 10.6. The van der Waals surface area contributed by atoms with Gasteiger partial charge in [0.25, 0.3) is 0 Å². The fourth-order valence-electron chi connectivity index (χ4n) is 3.09. The van der Waals surface area contributed by atoms with E-state index in [1.807, 2.05) is 0 Å². The fourth-order valence-corrected chi connectivity index (χ4v) is 3.09. The molecule has 2 unspecified atom stereocenters. The number of nitrogens with one attached hydrogen (secondary N) is 1. The van der Waals surface area contributed by atoms with E-state index in [4.69, 9.17) is 4.74 Å². The van der Waals surface area contributed by atoms with Gasteiger partial charge in [0.15, 0.2) is 0 Å². The Kier molecular flexibility index (Phi) is 6.25. The average molecular weight is 289 g/mol. The third-order valence-electron chi connectivity index (χ3n) is 4.44. The molecule has 0 aliphatic heterocycles. The molecular formula is C19H31NO. The number of ether oxygens (including phenoxy) is 1. The molecule has 1 fully saturated rings. The topological polar surface area (TPSA) is 21.3 Å². The number of rotatable bonds is 9. The van der Waals surface area contributed by atoms with E-state index in [-0.39, 0.29) is 0 Å². The standard InChI is InChI=1S/C19H31NO/c1-5-11-20-18(19(21-6-2)16-9-10-16)13-17-12-14(3)7-8-15(17)4/h7-8,12,16,18-20H,5-6,9-11,13H2,1-4H3. The minimum Gasteiger partial charge on any atom is -0.377 e. The predicted molar refractivity (Wildman–Crippen MR) is 89.8 cm³/mol. The van der Waals surface area contributed by atoms with Gasteiger partial charge >= 0.3 is 0 Å². The Balaban J connectivity index is 2.12. The Hall–Kier alpha value is -0.860. The van der Waals surface area contributed by atoms with E-state index in [9.17, 15) is 0 Å². The number of aryl methyl sites for hydroxylation is 2. The average Bonchev–Trinajstić information content (AvgIpc) is 3.29. The monoisotopic (exact) mass is 289 g/mol. The molecule has 0 spiro atoms. The minimum absolute atomic E-state index is 0.376. The second kappa shape index (κ2) is 7.95. The molecule has 1 aromatic carbocycles. The van der Waals surface area contributed by atoms with Crippen LogP contribution in [0.15, 0.2) is 18.2 Å². The van der Waals surface area contributed by atoms with Crippen molar-refractivity contribution < 1.29 is 4.74 Å². The van der Waals surface area contributed by atoms with Crippen LogP contribution in [0.3, 0.4) is 0 Å². The molecule has 21 heavy (non-hydrogen) atoms. The van der Waals surface area contributed by atoms with Crippen LogP contribution in [-0.4, -0.2) is 25.3 Å². The molecule has 2 nitrogen and oxygen atoms in total. The zero-order chi connectivity index (χ0) is 15.2. The Morgan fingerprint density at radius 3 is 2.62 bits per heavy atom. The van der Waals surface area contributed by atoms with Crippen molar-refractivity contribution in [3.8, 4) is 0 Å². The van der Waals surface area contributed by atoms with Crippen LogP contribution in [0.25, 0.3) is 0 Å². The molecule has 1 N–H and O–H groups in total. The first kappa shape index (κ1) is 16.5. The quantitative estimate of drug-likeness (QED) is 0.741. The molecule has 2 atom stereocenters. The molecular weight excluding hydrogens is 258 g/mol. The van der Waals surface area contributed by atoms with Crippen LogP contribution >= 0.6 is 0 Å². The summed E-state index contributed by atoms with van der Waals surface area (Å²) in [5.41, 5.74) is 4.22. The SMILES string of the molecule is CCCNC(Cc1cc(C)ccc1C)C(OCC)C1CC1. The Bertz CT molecular complexity index is 439. The summed E-state index contributed by atoms with van der Waals surface area (Å²) in [7, 11) is 0. The maximum absolute atomic E-state index is 6.10. The first-order chi connectivity index (χ1) is 10.2. The molecule has 0 radical (unpaired) electrons. The second-order valence-corrected chi connectivity index (χ2v) is 6.45. The zero-order valence-electron chi connectivity index (χ0n) is 14.1. The van der Waals surface area contributed by atoms with E-state index < -0.39 is 0 Å². The van der Waals surface area contributed by atoms with Crippen molar-refractivity contribution in [2.75, 3.05) is 13.2 Å². The van der Waals surface area contributed by atoms with E-state index in [1.54, 1.807) is 0 Å². The summed E-state index contributed by atoms with van der Waals surface area (Å²) in [5, 5.41) is 3.75.